The molecule has 0 aromatic heterocycles. The number of hydrogen-bond donors (Lipinski definition) is 1. The molecule has 0 fully saturated rings. The van der Waals surface area contributed by atoms with Crippen molar-refractivity contribution in [3.63, 3.8) is 0 Å². The van der Waals surface area contributed by atoms with Crippen LogP contribution < -0.4 is 5.73 Å². The van der Waals surface area contributed by atoms with Crippen molar-refractivity contribution in [2.24, 2.45) is 0 Å². The SMILES string of the molecule is N#Cc1c(-c2ccccc2)cc(-c2ccc(F)cc2)c(C#N)c1N. The molecule has 24 heavy (non-hydrogen) atoms. The van der Waals surface area contributed by atoms with Crippen molar-refractivity contribution in [1.82, 2.24) is 0 Å². The largest absolute Gasteiger partial charge is 0.397 e. The van der Waals surface area contributed by atoms with Gasteiger partial charge in [-0.2, -0.15) is 10.5 Å². The van der Waals surface area contributed by atoms with Gasteiger partial charge < -0.3 is 5.73 Å². The summed E-state index contributed by atoms with van der Waals surface area (Å²) in [5.74, 6) is -0.359. The van der Waals surface area contributed by atoms with E-state index in [0.29, 0.717) is 16.7 Å². The lowest BCUT2D eigenvalue weighted by Gasteiger charge is -2.14. The van der Waals surface area contributed by atoms with Gasteiger partial charge in [-0.25, -0.2) is 4.39 Å². The van der Waals surface area contributed by atoms with Crippen molar-refractivity contribution < 1.29 is 4.39 Å². The Morgan fingerprint density at radius 2 is 1.25 bits per heavy atom. The average Bonchev–Trinajstić information content (AvgIpc) is 2.62. The summed E-state index contributed by atoms with van der Waals surface area (Å²) in [5.41, 5.74) is 9.44. The predicted octanol–water partition coefficient (Wildman–Crippen LogP) is 4.49. The van der Waals surface area contributed by atoms with Gasteiger partial charge >= 0.3 is 0 Å². The van der Waals surface area contributed by atoms with E-state index in [1.165, 1.54) is 12.1 Å². The zero-order valence-electron chi connectivity index (χ0n) is 12.6. The molecule has 0 bridgehead atoms. The summed E-state index contributed by atoms with van der Waals surface area (Å²) in [6, 6.07) is 21.1. The van der Waals surface area contributed by atoms with Crippen molar-refractivity contribution in [2.75, 3.05) is 5.73 Å². The van der Waals surface area contributed by atoms with Crippen molar-refractivity contribution in [3.8, 4) is 34.4 Å². The number of benzene rings is 3. The zero-order chi connectivity index (χ0) is 17.1. The predicted molar refractivity (Wildman–Crippen MR) is 91.1 cm³/mol. The Morgan fingerprint density at radius 1 is 0.750 bits per heavy atom. The number of hydrogen-bond acceptors (Lipinski definition) is 3. The van der Waals surface area contributed by atoms with Gasteiger partial charge in [-0.3, -0.25) is 0 Å². The molecule has 0 aliphatic heterocycles. The van der Waals surface area contributed by atoms with Crippen LogP contribution in [0.3, 0.4) is 0 Å². The van der Waals surface area contributed by atoms with E-state index in [9.17, 15) is 14.9 Å². The van der Waals surface area contributed by atoms with E-state index < -0.39 is 0 Å². The van der Waals surface area contributed by atoms with E-state index in [-0.39, 0.29) is 22.6 Å². The minimum Gasteiger partial charge on any atom is -0.397 e. The molecule has 0 heterocycles. The number of rotatable bonds is 2. The van der Waals surface area contributed by atoms with Gasteiger partial charge in [0.15, 0.2) is 0 Å². The highest BCUT2D eigenvalue weighted by molar-refractivity contribution is 5.89. The maximum absolute atomic E-state index is 13.2. The van der Waals surface area contributed by atoms with Gasteiger partial charge in [0.1, 0.15) is 18.0 Å². The lowest BCUT2D eigenvalue weighted by molar-refractivity contribution is 0.628. The number of nitrogens with two attached hydrogens (primary N) is 1. The second-order valence-electron chi connectivity index (χ2n) is 5.23. The first kappa shape index (κ1) is 15.3. The Bertz CT molecular complexity index is 979. The molecule has 0 radical (unpaired) electrons. The van der Waals surface area contributed by atoms with Gasteiger partial charge in [-0.1, -0.05) is 42.5 Å². The van der Waals surface area contributed by atoms with Crippen LogP contribution in [-0.2, 0) is 0 Å². The van der Waals surface area contributed by atoms with Gasteiger partial charge in [-0.05, 0) is 29.3 Å². The molecule has 3 aromatic rings. The summed E-state index contributed by atoms with van der Waals surface area (Å²) in [6.45, 7) is 0. The fourth-order valence-corrected chi connectivity index (χ4v) is 2.65. The fourth-order valence-electron chi connectivity index (χ4n) is 2.65. The molecule has 3 nitrogen and oxygen atoms in total. The van der Waals surface area contributed by atoms with Gasteiger partial charge in [0.25, 0.3) is 0 Å². The number of halogens is 1. The van der Waals surface area contributed by atoms with Crippen LogP contribution in [0.1, 0.15) is 11.1 Å². The Labute approximate surface area is 139 Å². The monoisotopic (exact) mass is 313 g/mol. The van der Waals surface area contributed by atoms with Crippen LogP contribution in [0.15, 0.2) is 60.7 Å². The van der Waals surface area contributed by atoms with Crippen LogP contribution in [0, 0.1) is 28.5 Å². The summed E-state index contributed by atoms with van der Waals surface area (Å²) < 4.78 is 13.2. The van der Waals surface area contributed by atoms with Crippen molar-refractivity contribution in [2.45, 2.75) is 0 Å². The summed E-state index contributed by atoms with van der Waals surface area (Å²) in [7, 11) is 0. The molecule has 114 valence electrons. The maximum atomic E-state index is 13.2. The highest BCUT2D eigenvalue weighted by atomic mass is 19.1. The first-order chi connectivity index (χ1) is 11.7. The molecule has 0 amide bonds. The first-order valence-corrected chi connectivity index (χ1v) is 7.23. The van der Waals surface area contributed by atoms with E-state index in [1.807, 2.05) is 30.3 Å². The fraction of sp³-hybridized carbons (Fsp3) is 0. The van der Waals surface area contributed by atoms with Crippen LogP contribution in [0.4, 0.5) is 10.1 Å². The van der Waals surface area contributed by atoms with Gasteiger partial charge in [0, 0.05) is 11.1 Å². The summed E-state index contributed by atoms with van der Waals surface area (Å²) in [6.07, 6.45) is 0. The molecule has 2 N–H and O–H groups in total. The van der Waals surface area contributed by atoms with Crippen LogP contribution in [0.25, 0.3) is 22.3 Å². The van der Waals surface area contributed by atoms with Crippen LogP contribution >= 0.6 is 0 Å². The number of nitrogens with zero attached hydrogens (tertiary/aromatic N) is 2. The standard InChI is InChI=1S/C20H12FN3/c21-15-8-6-14(7-9-15)17-10-16(13-4-2-1-3-5-13)18(11-22)20(24)19(17)12-23/h1-10H,24H2. The molecule has 4 heteroatoms. The number of nitrogen functional groups attached to an aromatic ring is 1. The molecule has 0 saturated carbocycles. The third-order valence-corrected chi connectivity index (χ3v) is 3.83. The van der Waals surface area contributed by atoms with E-state index >= 15 is 0 Å². The molecule has 0 saturated heterocycles. The van der Waals surface area contributed by atoms with Gasteiger partial charge in [0.05, 0.1) is 16.8 Å². The minimum absolute atomic E-state index is 0.140. The second kappa shape index (κ2) is 6.24. The van der Waals surface area contributed by atoms with E-state index in [1.54, 1.807) is 18.2 Å². The van der Waals surface area contributed by atoms with Crippen molar-refractivity contribution in [3.05, 3.63) is 77.6 Å². The van der Waals surface area contributed by atoms with E-state index in [0.717, 1.165) is 5.56 Å². The molecular formula is C20H12FN3. The Morgan fingerprint density at radius 3 is 1.75 bits per heavy atom. The smallest absolute Gasteiger partial charge is 0.123 e. The maximum Gasteiger partial charge on any atom is 0.123 e. The zero-order valence-corrected chi connectivity index (χ0v) is 12.6. The van der Waals surface area contributed by atoms with Crippen LogP contribution in [0.2, 0.25) is 0 Å². The van der Waals surface area contributed by atoms with Crippen LogP contribution in [-0.4, -0.2) is 0 Å². The van der Waals surface area contributed by atoms with E-state index in [4.69, 9.17) is 5.73 Å². The lowest BCUT2D eigenvalue weighted by Crippen LogP contribution is -2.00. The van der Waals surface area contributed by atoms with Gasteiger partial charge in [-0.15, -0.1) is 0 Å². The first-order valence-electron chi connectivity index (χ1n) is 7.23. The molecule has 0 spiro atoms. The number of nitriles is 2. The summed E-state index contributed by atoms with van der Waals surface area (Å²) in [4.78, 5) is 0. The lowest BCUT2D eigenvalue weighted by atomic mass is 9.89. The molecule has 0 unspecified atom stereocenters. The molecule has 0 aliphatic carbocycles. The second-order valence-corrected chi connectivity index (χ2v) is 5.23. The van der Waals surface area contributed by atoms with Gasteiger partial charge in [0.2, 0.25) is 0 Å². The normalized spacial score (nSPS) is 9.96. The van der Waals surface area contributed by atoms with Crippen molar-refractivity contribution in [1.29, 1.82) is 10.5 Å². The number of anilines is 1. The van der Waals surface area contributed by atoms with E-state index in [2.05, 4.69) is 12.1 Å². The molecule has 0 aliphatic rings. The molecule has 3 rings (SSSR count). The van der Waals surface area contributed by atoms with Crippen molar-refractivity contribution >= 4 is 5.69 Å². The highest BCUT2D eigenvalue weighted by Crippen LogP contribution is 2.37. The molecule has 0 atom stereocenters. The summed E-state index contributed by atoms with van der Waals surface area (Å²) >= 11 is 0. The topological polar surface area (TPSA) is 73.6 Å². The molecular weight excluding hydrogens is 301 g/mol. The Kier molecular flexibility index (Phi) is 3.97. The third-order valence-electron chi connectivity index (χ3n) is 3.83. The Balaban J connectivity index is 2.34. The minimum atomic E-state index is -0.359. The van der Waals surface area contributed by atoms with Crippen LogP contribution in [0.5, 0.6) is 0 Å². The molecule has 3 aromatic carbocycles. The third kappa shape index (κ3) is 2.58. The summed E-state index contributed by atoms with van der Waals surface area (Å²) in [5, 5.41) is 19.0. The average molecular weight is 313 g/mol. The quantitative estimate of drug-likeness (QED) is 0.709. The Hall–Kier alpha value is -3.63. The highest BCUT2D eigenvalue weighted by Gasteiger charge is 2.18.